The van der Waals surface area contributed by atoms with Gasteiger partial charge in [0.25, 0.3) is 0 Å². The number of ether oxygens (including phenoxy) is 1. The molecule has 0 spiro atoms. The second-order valence-electron chi connectivity index (χ2n) is 7.12. The molecule has 0 aliphatic carbocycles. The minimum atomic E-state index is -3.77. The number of hydrogen-bond acceptors (Lipinski definition) is 4. The van der Waals surface area contributed by atoms with E-state index in [0.717, 1.165) is 11.6 Å². The average Bonchev–Trinajstić information content (AvgIpc) is 2.71. The van der Waals surface area contributed by atoms with E-state index in [1.165, 1.54) is 30.3 Å². The largest absolute Gasteiger partial charge is 0.367 e. The first-order valence-corrected chi connectivity index (χ1v) is 11.3. The molecular weight excluding hydrogens is 539 g/mol. The average molecular weight is 565 g/mol. The molecule has 1 fully saturated rings. The van der Waals surface area contributed by atoms with Crippen molar-refractivity contribution in [1.29, 1.82) is 0 Å². The number of guanidine groups is 1. The van der Waals surface area contributed by atoms with Gasteiger partial charge in [-0.3, -0.25) is 4.99 Å². The summed E-state index contributed by atoms with van der Waals surface area (Å²) in [6.07, 6.45) is -0.371. The van der Waals surface area contributed by atoms with E-state index in [1.807, 2.05) is 11.8 Å². The van der Waals surface area contributed by atoms with Crippen LogP contribution in [0.15, 0.2) is 58.4 Å². The van der Waals surface area contributed by atoms with Crippen molar-refractivity contribution < 1.29 is 21.9 Å². The van der Waals surface area contributed by atoms with Crippen molar-refractivity contribution in [3.63, 3.8) is 0 Å². The van der Waals surface area contributed by atoms with Crippen molar-refractivity contribution in [2.45, 2.75) is 24.0 Å². The number of halogens is 3. The third-order valence-electron chi connectivity index (χ3n) is 4.84. The molecule has 2 aromatic carbocycles. The highest BCUT2D eigenvalue weighted by Crippen LogP contribution is 2.25. The molecule has 3 rings (SSSR count). The van der Waals surface area contributed by atoms with E-state index < -0.39 is 15.7 Å². The Kier molecular flexibility index (Phi) is 9.19. The normalized spacial score (nSPS) is 19.6. The van der Waals surface area contributed by atoms with E-state index in [-0.39, 0.29) is 59.2 Å². The summed E-state index contributed by atoms with van der Waals surface area (Å²) < 4.78 is 57.9. The fourth-order valence-corrected chi connectivity index (χ4v) is 4.66. The second kappa shape index (κ2) is 11.2. The molecule has 1 heterocycles. The molecule has 1 saturated heterocycles. The van der Waals surface area contributed by atoms with Crippen LogP contribution in [0.5, 0.6) is 0 Å². The van der Waals surface area contributed by atoms with Crippen molar-refractivity contribution in [1.82, 2.24) is 10.2 Å². The van der Waals surface area contributed by atoms with E-state index in [9.17, 15) is 17.2 Å². The molecule has 2 aromatic rings. The second-order valence-corrected chi connectivity index (χ2v) is 9.19. The van der Waals surface area contributed by atoms with Crippen LogP contribution in [-0.4, -0.2) is 57.8 Å². The molecule has 0 amide bonds. The zero-order valence-corrected chi connectivity index (χ0v) is 20.4. The lowest BCUT2D eigenvalue weighted by atomic mass is 10.1. The Balaban J connectivity index is 0.00000341. The minimum Gasteiger partial charge on any atom is -0.367 e. The summed E-state index contributed by atoms with van der Waals surface area (Å²) in [5.74, 6) is -0.811. The fraction of sp³-hybridized carbons (Fsp3) is 0.381. The van der Waals surface area contributed by atoms with E-state index in [2.05, 4.69) is 10.3 Å². The summed E-state index contributed by atoms with van der Waals surface area (Å²) in [7, 11) is -2.15. The first kappa shape index (κ1) is 25.5. The van der Waals surface area contributed by atoms with Gasteiger partial charge in [-0.2, -0.15) is 0 Å². The van der Waals surface area contributed by atoms with Gasteiger partial charge in [0.1, 0.15) is 22.6 Å². The summed E-state index contributed by atoms with van der Waals surface area (Å²) >= 11 is 0. The molecule has 0 bridgehead atoms. The molecule has 1 aliphatic heterocycles. The van der Waals surface area contributed by atoms with Crippen molar-refractivity contribution >= 4 is 39.8 Å². The zero-order valence-electron chi connectivity index (χ0n) is 17.3. The zero-order chi connectivity index (χ0) is 21.7. The first-order valence-electron chi connectivity index (χ1n) is 9.64. The van der Waals surface area contributed by atoms with Crippen molar-refractivity contribution in [3.8, 4) is 0 Å². The summed E-state index contributed by atoms with van der Waals surface area (Å²) in [5, 5.41) is 3.04. The number of hydrogen-bond donors (Lipinski definition) is 1. The van der Waals surface area contributed by atoms with Crippen LogP contribution in [0.2, 0.25) is 0 Å². The highest BCUT2D eigenvalue weighted by molar-refractivity contribution is 14.0. The molecule has 1 N–H and O–H groups in total. The Morgan fingerprint density at radius 2 is 1.84 bits per heavy atom. The Morgan fingerprint density at radius 3 is 2.48 bits per heavy atom. The monoisotopic (exact) mass is 565 g/mol. The maximum Gasteiger partial charge on any atom is 0.193 e. The molecule has 31 heavy (non-hydrogen) atoms. The Morgan fingerprint density at radius 1 is 1.16 bits per heavy atom. The van der Waals surface area contributed by atoms with Crippen LogP contribution in [0.4, 0.5) is 8.78 Å². The van der Waals surface area contributed by atoms with Crippen LogP contribution >= 0.6 is 24.0 Å². The van der Waals surface area contributed by atoms with Gasteiger partial charge in [-0.1, -0.05) is 24.3 Å². The van der Waals surface area contributed by atoms with Crippen LogP contribution in [0.25, 0.3) is 0 Å². The number of sulfone groups is 1. The van der Waals surface area contributed by atoms with Gasteiger partial charge in [0, 0.05) is 20.1 Å². The maximum absolute atomic E-state index is 13.8. The molecule has 0 aromatic heterocycles. The van der Waals surface area contributed by atoms with Crippen LogP contribution in [0.3, 0.4) is 0 Å². The number of rotatable bonds is 5. The SMILES string of the molecule is CN=C(NCCS(=O)(=O)c1ccccc1F)N1CC(C)OC(c2ccc(F)cc2)C1.I. The Labute approximate surface area is 198 Å². The highest BCUT2D eigenvalue weighted by Gasteiger charge is 2.28. The third kappa shape index (κ3) is 6.59. The molecule has 10 heteroatoms. The van der Waals surface area contributed by atoms with Crippen LogP contribution in [0.1, 0.15) is 18.6 Å². The van der Waals surface area contributed by atoms with Gasteiger partial charge >= 0.3 is 0 Å². The topological polar surface area (TPSA) is 71.0 Å². The lowest BCUT2D eigenvalue weighted by Crippen LogP contribution is -2.51. The van der Waals surface area contributed by atoms with Gasteiger partial charge in [0.15, 0.2) is 15.8 Å². The summed E-state index contributed by atoms with van der Waals surface area (Å²) in [5.41, 5.74) is 0.852. The lowest BCUT2D eigenvalue weighted by molar-refractivity contribution is -0.0604. The molecule has 0 radical (unpaired) electrons. The van der Waals surface area contributed by atoms with Gasteiger partial charge in [-0.15, -0.1) is 24.0 Å². The lowest BCUT2D eigenvalue weighted by Gasteiger charge is -2.38. The van der Waals surface area contributed by atoms with Crippen LogP contribution < -0.4 is 5.32 Å². The predicted octanol–water partition coefficient (Wildman–Crippen LogP) is 3.39. The molecular formula is C21H26F2IN3O3S. The van der Waals surface area contributed by atoms with Crippen LogP contribution in [-0.2, 0) is 14.6 Å². The van der Waals surface area contributed by atoms with Crippen molar-refractivity contribution in [2.75, 3.05) is 32.4 Å². The fourth-order valence-electron chi connectivity index (χ4n) is 3.42. The summed E-state index contributed by atoms with van der Waals surface area (Å²) in [6.45, 7) is 3.06. The molecule has 2 unspecified atom stereocenters. The predicted molar refractivity (Wildman–Crippen MR) is 126 cm³/mol. The maximum atomic E-state index is 13.8. The van der Waals surface area contributed by atoms with Gasteiger partial charge in [0.05, 0.1) is 18.4 Å². The standard InChI is InChI=1S/C21H25F2N3O3S.HI/c1-15-13-26(14-19(29-15)16-7-9-17(22)10-8-16)21(24-2)25-11-12-30(27,28)20-6-4-3-5-18(20)23;/h3-10,15,19H,11-14H2,1-2H3,(H,24,25);1H. The number of morpholine rings is 1. The Bertz CT molecular complexity index is 1000. The molecule has 2 atom stereocenters. The first-order chi connectivity index (χ1) is 14.3. The molecule has 6 nitrogen and oxygen atoms in total. The van der Waals surface area contributed by atoms with E-state index in [0.29, 0.717) is 19.0 Å². The number of benzene rings is 2. The number of nitrogens with zero attached hydrogens (tertiary/aromatic N) is 2. The van der Waals surface area contributed by atoms with E-state index in [4.69, 9.17) is 4.74 Å². The number of nitrogens with one attached hydrogen (secondary N) is 1. The number of aliphatic imine (C=N–C) groups is 1. The molecule has 1 aliphatic rings. The van der Waals surface area contributed by atoms with E-state index in [1.54, 1.807) is 19.2 Å². The molecule has 0 saturated carbocycles. The van der Waals surface area contributed by atoms with Gasteiger partial charge < -0.3 is 15.0 Å². The Hall–Kier alpha value is -1.79. The van der Waals surface area contributed by atoms with Crippen LogP contribution in [0, 0.1) is 11.6 Å². The van der Waals surface area contributed by atoms with Crippen molar-refractivity contribution in [3.05, 3.63) is 65.7 Å². The smallest absolute Gasteiger partial charge is 0.193 e. The molecule has 170 valence electrons. The highest BCUT2D eigenvalue weighted by atomic mass is 127. The minimum absolute atomic E-state index is 0. The van der Waals surface area contributed by atoms with E-state index >= 15 is 0 Å². The quantitative estimate of drug-likeness (QED) is 0.342. The summed E-state index contributed by atoms with van der Waals surface area (Å²) in [4.78, 5) is 5.91. The third-order valence-corrected chi connectivity index (χ3v) is 6.58. The van der Waals surface area contributed by atoms with Crippen molar-refractivity contribution in [2.24, 2.45) is 4.99 Å². The van der Waals surface area contributed by atoms with Gasteiger partial charge in [-0.05, 0) is 36.8 Å². The van der Waals surface area contributed by atoms with Gasteiger partial charge in [-0.25, -0.2) is 17.2 Å². The van der Waals surface area contributed by atoms with Gasteiger partial charge in [0.2, 0.25) is 0 Å². The summed E-state index contributed by atoms with van der Waals surface area (Å²) in [6, 6.07) is 11.5.